The van der Waals surface area contributed by atoms with E-state index in [2.05, 4.69) is 10.4 Å². The number of nitrogens with zero attached hydrogens (tertiary/aromatic N) is 2. The minimum Gasteiger partial charge on any atom is -0.480 e. The molecule has 2 rings (SSSR count). The average molecular weight is 343 g/mol. The van der Waals surface area contributed by atoms with Gasteiger partial charge in [-0.3, -0.25) is 4.79 Å². The summed E-state index contributed by atoms with van der Waals surface area (Å²) in [5.74, 6) is -1.28. The van der Waals surface area contributed by atoms with Gasteiger partial charge in [-0.25, -0.2) is 9.48 Å². The maximum absolute atomic E-state index is 12.3. The van der Waals surface area contributed by atoms with Crippen molar-refractivity contribution in [2.24, 2.45) is 0 Å². The Morgan fingerprint density at radius 1 is 1.24 bits per heavy atom. The highest BCUT2D eigenvalue weighted by molar-refractivity contribution is 5.85. The van der Waals surface area contributed by atoms with Crippen LogP contribution in [0.2, 0.25) is 0 Å². The summed E-state index contributed by atoms with van der Waals surface area (Å²) in [5, 5.41) is 16.4. The molecule has 1 aromatic carbocycles. The maximum atomic E-state index is 12.3. The fourth-order valence-electron chi connectivity index (χ4n) is 2.82. The van der Waals surface area contributed by atoms with Crippen molar-refractivity contribution in [1.82, 2.24) is 15.1 Å². The Kier molecular flexibility index (Phi) is 6.33. The molecule has 1 aromatic heterocycles. The van der Waals surface area contributed by atoms with Gasteiger partial charge in [-0.2, -0.15) is 5.10 Å². The third-order valence-electron chi connectivity index (χ3n) is 4.26. The number of hydrogen-bond acceptors (Lipinski definition) is 3. The zero-order valence-corrected chi connectivity index (χ0v) is 15.0. The number of hydrogen-bond donors (Lipinski definition) is 2. The Morgan fingerprint density at radius 3 is 2.52 bits per heavy atom. The van der Waals surface area contributed by atoms with Gasteiger partial charge in [0.1, 0.15) is 6.04 Å². The largest absolute Gasteiger partial charge is 0.480 e. The van der Waals surface area contributed by atoms with Crippen molar-refractivity contribution in [3.63, 3.8) is 0 Å². The van der Waals surface area contributed by atoms with Gasteiger partial charge < -0.3 is 10.4 Å². The van der Waals surface area contributed by atoms with E-state index in [1.54, 1.807) is 0 Å². The maximum Gasteiger partial charge on any atom is 0.326 e. The summed E-state index contributed by atoms with van der Waals surface area (Å²) in [4.78, 5) is 23.6. The van der Waals surface area contributed by atoms with Crippen molar-refractivity contribution in [3.8, 4) is 5.69 Å². The van der Waals surface area contributed by atoms with Gasteiger partial charge in [0, 0.05) is 11.3 Å². The molecule has 2 N–H and O–H groups in total. The van der Waals surface area contributed by atoms with Crippen LogP contribution in [-0.4, -0.2) is 32.8 Å². The van der Waals surface area contributed by atoms with Gasteiger partial charge in [-0.15, -0.1) is 0 Å². The third-order valence-corrected chi connectivity index (χ3v) is 4.26. The van der Waals surface area contributed by atoms with Crippen LogP contribution in [0.3, 0.4) is 0 Å². The summed E-state index contributed by atoms with van der Waals surface area (Å²) in [6.45, 7) is 5.77. The Bertz CT molecular complexity index is 738. The second kappa shape index (κ2) is 8.46. The Balaban J connectivity index is 2.13. The number of carbonyl (C=O) groups is 2. The van der Waals surface area contributed by atoms with Crippen molar-refractivity contribution in [2.75, 3.05) is 0 Å². The number of para-hydroxylation sites is 1. The Labute approximate surface area is 147 Å². The second-order valence-electron chi connectivity index (χ2n) is 6.17. The van der Waals surface area contributed by atoms with E-state index < -0.39 is 12.0 Å². The molecule has 0 radical (unpaired) electrons. The molecule has 1 atom stereocenters. The van der Waals surface area contributed by atoms with Crippen molar-refractivity contribution in [3.05, 3.63) is 47.3 Å². The number of carbonyl (C=O) groups excluding carboxylic acids is 1. The summed E-state index contributed by atoms with van der Waals surface area (Å²) in [6, 6.07) is 8.87. The van der Waals surface area contributed by atoms with Crippen LogP contribution in [0.1, 0.15) is 43.1 Å². The quantitative estimate of drug-likeness (QED) is 0.772. The molecule has 0 saturated heterocycles. The predicted molar refractivity (Wildman–Crippen MR) is 95.8 cm³/mol. The standard InChI is InChI=1S/C19H25N3O3/c1-4-5-11-17(19(24)25)20-18(23)12-16-13(2)21-22(14(16)3)15-9-7-6-8-10-15/h6-10,17H,4-5,11-12H2,1-3H3,(H,20,23)(H,24,25). The molecule has 25 heavy (non-hydrogen) atoms. The van der Waals surface area contributed by atoms with Crippen LogP contribution in [-0.2, 0) is 16.0 Å². The molecule has 0 aliphatic carbocycles. The molecule has 1 heterocycles. The van der Waals surface area contributed by atoms with Crippen molar-refractivity contribution in [1.29, 1.82) is 0 Å². The highest BCUT2D eigenvalue weighted by Crippen LogP contribution is 2.18. The first-order chi connectivity index (χ1) is 11.9. The van der Waals surface area contributed by atoms with E-state index in [1.807, 2.05) is 55.8 Å². The highest BCUT2D eigenvalue weighted by atomic mass is 16.4. The van der Waals surface area contributed by atoms with E-state index in [0.29, 0.717) is 6.42 Å². The summed E-state index contributed by atoms with van der Waals surface area (Å²) in [5.41, 5.74) is 3.43. The molecule has 2 aromatic rings. The van der Waals surface area contributed by atoms with Crippen molar-refractivity contribution in [2.45, 2.75) is 52.5 Å². The molecule has 1 amide bonds. The molecule has 134 valence electrons. The van der Waals surface area contributed by atoms with Crippen molar-refractivity contribution >= 4 is 11.9 Å². The molecule has 0 fully saturated rings. The van der Waals surface area contributed by atoms with Gasteiger partial charge in [0.15, 0.2) is 0 Å². The normalized spacial score (nSPS) is 12.0. The predicted octanol–water partition coefficient (Wildman–Crippen LogP) is 2.79. The van der Waals surface area contributed by atoms with Gasteiger partial charge >= 0.3 is 5.97 Å². The number of aryl methyl sites for hydroxylation is 1. The topological polar surface area (TPSA) is 84.2 Å². The lowest BCUT2D eigenvalue weighted by Crippen LogP contribution is -2.41. The lowest BCUT2D eigenvalue weighted by Gasteiger charge is -2.14. The van der Waals surface area contributed by atoms with E-state index >= 15 is 0 Å². The average Bonchev–Trinajstić information content (AvgIpc) is 2.87. The van der Waals surface area contributed by atoms with Crippen LogP contribution >= 0.6 is 0 Å². The number of carboxylic acids is 1. The van der Waals surface area contributed by atoms with Crippen LogP contribution in [0.25, 0.3) is 5.69 Å². The number of aliphatic carboxylic acids is 1. The molecule has 1 unspecified atom stereocenters. The molecule has 0 aliphatic rings. The van der Waals surface area contributed by atoms with E-state index in [-0.39, 0.29) is 12.3 Å². The molecule has 0 aliphatic heterocycles. The number of amides is 1. The summed E-state index contributed by atoms with van der Waals surface area (Å²) >= 11 is 0. The van der Waals surface area contributed by atoms with Gasteiger partial charge in [0.05, 0.1) is 17.8 Å². The molecule has 0 saturated carbocycles. The summed E-state index contributed by atoms with van der Waals surface area (Å²) in [7, 11) is 0. The summed E-state index contributed by atoms with van der Waals surface area (Å²) in [6.07, 6.45) is 2.22. The molecule has 6 heteroatoms. The van der Waals surface area contributed by atoms with E-state index in [4.69, 9.17) is 0 Å². The van der Waals surface area contributed by atoms with Gasteiger partial charge in [0.2, 0.25) is 5.91 Å². The number of nitrogens with one attached hydrogen (secondary N) is 1. The molecule has 0 bridgehead atoms. The van der Waals surface area contributed by atoms with E-state index in [0.717, 1.165) is 35.5 Å². The van der Waals surface area contributed by atoms with Crippen LogP contribution in [0.4, 0.5) is 0 Å². The summed E-state index contributed by atoms with van der Waals surface area (Å²) < 4.78 is 1.81. The van der Waals surface area contributed by atoms with Gasteiger partial charge in [-0.05, 0) is 32.4 Å². The van der Waals surface area contributed by atoms with Crippen molar-refractivity contribution < 1.29 is 14.7 Å². The monoisotopic (exact) mass is 343 g/mol. The zero-order valence-electron chi connectivity index (χ0n) is 15.0. The van der Waals surface area contributed by atoms with Gasteiger partial charge in [-0.1, -0.05) is 38.0 Å². The fraction of sp³-hybridized carbons (Fsp3) is 0.421. The van der Waals surface area contributed by atoms with Crippen LogP contribution < -0.4 is 5.32 Å². The first-order valence-corrected chi connectivity index (χ1v) is 8.56. The van der Waals surface area contributed by atoms with E-state index in [9.17, 15) is 14.7 Å². The fourth-order valence-corrected chi connectivity index (χ4v) is 2.82. The number of benzene rings is 1. The Hall–Kier alpha value is -2.63. The number of aromatic nitrogens is 2. The lowest BCUT2D eigenvalue weighted by molar-refractivity contribution is -0.142. The molecule has 0 spiro atoms. The lowest BCUT2D eigenvalue weighted by atomic mass is 10.1. The van der Waals surface area contributed by atoms with Crippen LogP contribution in [0.15, 0.2) is 30.3 Å². The zero-order chi connectivity index (χ0) is 18.4. The SMILES string of the molecule is CCCCC(NC(=O)Cc1c(C)nn(-c2ccccc2)c1C)C(=O)O. The molecular weight excluding hydrogens is 318 g/mol. The van der Waals surface area contributed by atoms with Gasteiger partial charge in [0.25, 0.3) is 0 Å². The minimum absolute atomic E-state index is 0.125. The second-order valence-corrected chi connectivity index (χ2v) is 6.17. The Morgan fingerprint density at radius 2 is 1.92 bits per heavy atom. The molecular formula is C19H25N3O3. The first-order valence-electron chi connectivity index (χ1n) is 8.56. The molecule has 6 nitrogen and oxygen atoms in total. The van der Waals surface area contributed by atoms with E-state index in [1.165, 1.54) is 0 Å². The number of unbranched alkanes of at least 4 members (excludes halogenated alkanes) is 1. The number of carboxylic acid groups (broad SMARTS) is 1. The third kappa shape index (κ3) is 4.68. The minimum atomic E-state index is -0.991. The van der Waals surface area contributed by atoms with Crippen LogP contribution in [0.5, 0.6) is 0 Å². The number of rotatable bonds is 8. The smallest absolute Gasteiger partial charge is 0.326 e. The first kappa shape index (κ1) is 18.7. The highest BCUT2D eigenvalue weighted by Gasteiger charge is 2.21. The van der Waals surface area contributed by atoms with Crippen LogP contribution in [0, 0.1) is 13.8 Å².